The fourth-order valence-corrected chi connectivity index (χ4v) is 2.74. The number of anilines is 1. The van der Waals surface area contributed by atoms with Gasteiger partial charge in [0.1, 0.15) is 11.5 Å². The largest absolute Gasteiger partial charge is 0.496 e. The molecule has 5 nitrogen and oxygen atoms in total. The smallest absolute Gasteiger partial charge is 0.255 e. The highest BCUT2D eigenvalue weighted by atomic mass is 32.2. The van der Waals surface area contributed by atoms with Gasteiger partial charge in [0.05, 0.1) is 14.2 Å². The summed E-state index contributed by atoms with van der Waals surface area (Å²) in [7, 11) is 1.99. The highest BCUT2D eigenvalue weighted by Crippen LogP contribution is 2.29. The van der Waals surface area contributed by atoms with Crippen molar-refractivity contribution in [2.45, 2.75) is 11.8 Å². The van der Waals surface area contributed by atoms with E-state index < -0.39 is 10.8 Å². The Hall–Kier alpha value is -2.34. The van der Waals surface area contributed by atoms with Crippen molar-refractivity contribution in [3.05, 3.63) is 47.5 Å². The Labute approximate surface area is 138 Å². The van der Waals surface area contributed by atoms with Crippen molar-refractivity contribution >= 4 is 22.4 Å². The van der Waals surface area contributed by atoms with E-state index >= 15 is 0 Å². The van der Waals surface area contributed by atoms with E-state index in [1.165, 1.54) is 0 Å². The molecule has 0 aliphatic heterocycles. The molecule has 1 unspecified atom stereocenters. The predicted molar refractivity (Wildman–Crippen MR) is 91.0 cm³/mol. The monoisotopic (exact) mass is 333 g/mol. The van der Waals surface area contributed by atoms with Gasteiger partial charge in [-0.25, -0.2) is 0 Å². The third-order valence-corrected chi connectivity index (χ3v) is 4.36. The van der Waals surface area contributed by atoms with Gasteiger partial charge in [-0.3, -0.25) is 9.00 Å². The maximum absolute atomic E-state index is 12.4. The molecule has 0 bridgehead atoms. The summed E-state index contributed by atoms with van der Waals surface area (Å²) in [6, 6.07) is 10.3. The second-order valence-electron chi connectivity index (χ2n) is 4.94. The summed E-state index contributed by atoms with van der Waals surface area (Å²) in [5, 5.41) is 2.79. The van der Waals surface area contributed by atoms with Crippen LogP contribution in [0.5, 0.6) is 11.5 Å². The molecule has 6 heteroatoms. The van der Waals surface area contributed by atoms with Crippen LogP contribution in [0.4, 0.5) is 5.69 Å². The normalized spacial score (nSPS) is 11.7. The quantitative estimate of drug-likeness (QED) is 0.913. The molecule has 0 radical (unpaired) electrons. The van der Waals surface area contributed by atoms with Crippen molar-refractivity contribution in [3.8, 4) is 11.5 Å². The number of carbonyl (C=O) groups is 1. The van der Waals surface area contributed by atoms with E-state index in [9.17, 15) is 9.00 Å². The van der Waals surface area contributed by atoms with E-state index in [2.05, 4.69) is 5.32 Å². The third kappa shape index (κ3) is 3.90. The van der Waals surface area contributed by atoms with E-state index in [4.69, 9.17) is 9.47 Å². The molecule has 0 fully saturated rings. The first-order chi connectivity index (χ1) is 11.0. The summed E-state index contributed by atoms with van der Waals surface area (Å²) < 4.78 is 22.1. The molecule has 2 rings (SSSR count). The second kappa shape index (κ2) is 7.28. The molecule has 2 aromatic carbocycles. The lowest BCUT2D eigenvalue weighted by molar-refractivity contribution is 0.102. The maximum Gasteiger partial charge on any atom is 0.255 e. The number of carbonyl (C=O) groups excluding carboxylic acids is 1. The number of rotatable bonds is 5. The zero-order chi connectivity index (χ0) is 17.0. The van der Waals surface area contributed by atoms with Gasteiger partial charge in [-0.05, 0) is 37.3 Å². The lowest BCUT2D eigenvalue weighted by Crippen LogP contribution is -2.13. The van der Waals surface area contributed by atoms with Crippen molar-refractivity contribution in [1.82, 2.24) is 0 Å². The van der Waals surface area contributed by atoms with Crippen LogP contribution in [0.2, 0.25) is 0 Å². The van der Waals surface area contributed by atoms with E-state index in [0.717, 1.165) is 5.56 Å². The molecule has 0 saturated heterocycles. The van der Waals surface area contributed by atoms with Gasteiger partial charge in [0.2, 0.25) is 0 Å². The summed E-state index contributed by atoms with van der Waals surface area (Å²) in [4.78, 5) is 13.1. The van der Waals surface area contributed by atoms with Crippen LogP contribution in [0.25, 0.3) is 0 Å². The Balaban J connectivity index is 2.30. The van der Waals surface area contributed by atoms with Crippen LogP contribution in [-0.4, -0.2) is 30.6 Å². The highest BCUT2D eigenvalue weighted by Gasteiger charge is 2.14. The molecule has 0 aromatic heterocycles. The lowest BCUT2D eigenvalue weighted by Gasteiger charge is -2.13. The number of ether oxygens (including phenoxy) is 2. The summed E-state index contributed by atoms with van der Waals surface area (Å²) in [5.74, 6) is 0.872. The van der Waals surface area contributed by atoms with Crippen LogP contribution in [0, 0.1) is 6.92 Å². The minimum Gasteiger partial charge on any atom is -0.496 e. The first kappa shape index (κ1) is 17.0. The van der Waals surface area contributed by atoms with Crippen molar-refractivity contribution in [2.75, 3.05) is 25.8 Å². The molecule has 122 valence electrons. The Morgan fingerprint density at radius 3 is 2.22 bits per heavy atom. The van der Waals surface area contributed by atoms with Crippen molar-refractivity contribution < 1.29 is 18.5 Å². The maximum atomic E-state index is 12.4. The topological polar surface area (TPSA) is 64.6 Å². The van der Waals surface area contributed by atoms with Crippen LogP contribution in [-0.2, 0) is 10.8 Å². The molecule has 0 aliphatic carbocycles. The Morgan fingerprint density at radius 2 is 1.70 bits per heavy atom. The van der Waals surface area contributed by atoms with Crippen molar-refractivity contribution in [3.63, 3.8) is 0 Å². The van der Waals surface area contributed by atoms with E-state index in [0.29, 0.717) is 27.6 Å². The second-order valence-corrected chi connectivity index (χ2v) is 6.32. The summed E-state index contributed by atoms with van der Waals surface area (Å²) in [5.41, 5.74) is 1.84. The minimum atomic E-state index is -1.10. The Kier molecular flexibility index (Phi) is 5.39. The molecule has 0 saturated carbocycles. The van der Waals surface area contributed by atoms with Gasteiger partial charge in [-0.1, -0.05) is 6.07 Å². The number of benzene rings is 2. The molecule has 0 aliphatic rings. The number of amides is 1. The Morgan fingerprint density at radius 1 is 1.09 bits per heavy atom. The minimum absolute atomic E-state index is 0.291. The molecule has 0 heterocycles. The summed E-state index contributed by atoms with van der Waals surface area (Å²) >= 11 is 0. The fourth-order valence-electron chi connectivity index (χ4n) is 2.17. The first-order valence-electron chi connectivity index (χ1n) is 6.93. The van der Waals surface area contributed by atoms with Crippen LogP contribution >= 0.6 is 0 Å². The standard InChI is InChI=1S/C17H19NO4S/c1-11-15(21-2)8-12(9-16(11)22-3)17(19)18-13-6-5-7-14(10-13)23(4)20/h5-10H,1-4H3,(H,18,19). The van der Waals surface area contributed by atoms with E-state index in [1.807, 2.05) is 6.92 Å². The molecule has 1 amide bonds. The average molecular weight is 333 g/mol. The number of methoxy groups -OCH3 is 2. The van der Waals surface area contributed by atoms with Crippen molar-refractivity contribution in [2.24, 2.45) is 0 Å². The molecule has 0 spiro atoms. The molecule has 2 aromatic rings. The number of hydrogen-bond donors (Lipinski definition) is 1. The SMILES string of the molecule is COc1cc(C(=O)Nc2cccc(S(C)=O)c2)cc(OC)c1C. The van der Waals surface area contributed by atoms with Gasteiger partial charge in [0.25, 0.3) is 5.91 Å². The van der Waals surface area contributed by atoms with Crippen LogP contribution < -0.4 is 14.8 Å². The predicted octanol–water partition coefficient (Wildman–Crippen LogP) is 3.00. The van der Waals surface area contributed by atoms with Gasteiger partial charge < -0.3 is 14.8 Å². The van der Waals surface area contributed by atoms with E-state index in [-0.39, 0.29) is 5.91 Å². The zero-order valence-corrected chi connectivity index (χ0v) is 14.3. The van der Waals surface area contributed by atoms with Gasteiger partial charge in [-0.2, -0.15) is 0 Å². The lowest BCUT2D eigenvalue weighted by atomic mass is 10.1. The van der Waals surface area contributed by atoms with Crippen LogP contribution in [0.3, 0.4) is 0 Å². The van der Waals surface area contributed by atoms with Gasteiger partial charge in [0, 0.05) is 38.8 Å². The molecule has 1 atom stereocenters. The van der Waals surface area contributed by atoms with Crippen LogP contribution in [0.15, 0.2) is 41.3 Å². The molecular formula is C17H19NO4S. The van der Waals surface area contributed by atoms with Gasteiger partial charge in [0.15, 0.2) is 0 Å². The average Bonchev–Trinajstić information content (AvgIpc) is 2.55. The summed E-state index contributed by atoms with van der Waals surface area (Å²) in [6.45, 7) is 1.86. The molecule has 1 N–H and O–H groups in total. The van der Waals surface area contributed by atoms with Crippen LogP contribution in [0.1, 0.15) is 15.9 Å². The van der Waals surface area contributed by atoms with Gasteiger partial charge >= 0.3 is 0 Å². The van der Waals surface area contributed by atoms with E-state index in [1.54, 1.807) is 56.9 Å². The first-order valence-corrected chi connectivity index (χ1v) is 8.49. The van der Waals surface area contributed by atoms with Crippen molar-refractivity contribution in [1.29, 1.82) is 0 Å². The molecule has 23 heavy (non-hydrogen) atoms. The fraction of sp³-hybridized carbons (Fsp3) is 0.235. The Bertz CT molecular complexity index is 733. The summed E-state index contributed by atoms with van der Waals surface area (Å²) in [6.07, 6.45) is 1.59. The number of nitrogens with one attached hydrogen (secondary N) is 1. The highest BCUT2D eigenvalue weighted by molar-refractivity contribution is 7.84. The zero-order valence-electron chi connectivity index (χ0n) is 13.5. The third-order valence-electron chi connectivity index (χ3n) is 3.44. The van der Waals surface area contributed by atoms with Gasteiger partial charge in [-0.15, -0.1) is 0 Å². The molecular weight excluding hydrogens is 314 g/mol. The number of hydrogen-bond acceptors (Lipinski definition) is 4.